The monoisotopic (exact) mass is 347 g/mol. The molecule has 134 valence electrons. The molecule has 0 bridgehead atoms. The number of benzene rings is 2. The van der Waals surface area contributed by atoms with Crippen LogP contribution in [0.3, 0.4) is 0 Å². The van der Waals surface area contributed by atoms with Gasteiger partial charge in [0.25, 0.3) is 0 Å². The lowest BCUT2D eigenvalue weighted by Gasteiger charge is -2.35. The number of methoxy groups -OCH3 is 1. The van der Waals surface area contributed by atoms with Crippen LogP contribution in [0.15, 0.2) is 48.5 Å². The van der Waals surface area contributed by atoms with Crippen LogP contribution < -0.4 is 10.1 Å². The number of hydrogen-bond donors (Lipinski definition) is 2. The van der Waals surface area contributed by atoms with Crippen LogP contribution in [0.2, 0.25) is 0 Å². The Morgan fingerprint density at radius 2 is 2.04 bits per heavy atom. The Labute approximate surface area is 154 Å². The summed E-state index contributed by atoms with van der Waals surface area (Å²) in [5, 5.41) is 5.17. The maximum Gasteiger partial charge on any atom is 0.119 e. The molecule has 2 N–H and O–H groups in total. The number of aromatic amines is 1. The molecule has 3 aromatic rings. The second-order valence-electron chi connectivity index (χ2n) is 7.60. The number of fused-ring (bicyclic) bond motifs is 4. The molecule has 1 spiro atoms. The predicted octanol–water partition coefficient (Wildman–Crippen LogP) is 3.42. The van der Waals surface area contributed by atoms with Crippen LogP contribution in [0.5, 0.6) is 5.75 Å². The summed E-state index contributed by atoms with van der Waals surface area (Å²) in [6.45, 7) is 4.24. The molecule has 2 aromatic carbocycles. The second-order valence-corrected chi connectivity index (χ2v) is 7.60. The summed E-state index contributed by atoms with van der Waals surface area (Å²) in [7, 11) is 1.74. The lowest BCUT2D eigenvalue weighted by molar-refractivity contribution is 0.265. The highest BCUT2D eigenvalue weighted by molar-refractivity contribution is 5.86. The van der Waals surface area contributed by atoms with Crippen molar-refractivity contribution in [2.24, 2.45) is 0 Å². The number of ether oxygens (including phenoxy) is 1. The van der Waals surface area contributed by atoms with E-state index in [-0.39, 0.29) is 5.54 Å². The molecule has 3 heterocycles. The molecular formula is C22H25N3O. The van der Waals surface area contributed by atoms with Crippen molar-refractivity contribution in [1.82, 2.24) is 15.2 Å². The highest BCUT2D eigenvalue weighted by Crippen LogP contribution is 2.40. The fourth-order valence-electron chi connectivity index (χ4n) is 4.75. The van der Waals surface area contributed by atoms with Gasteiger partial charge in [0.15, 0.2) is 0 Å². The van der Waals surface area contributed by atoms with Gasteiger partial charge in [0.1, 0.15) is 5.75 Å². The fraction of sp³-hybridized carbons (Fsp3) is 0.364. The van der Waals surface area contributed by atoms with Gasteiger partial charge in [-0.2, -0.15) is 0 Å². The average Bonchev–Trinajstić information content (AvgIpc) is 3.25. The van der Waals surface area contributed by atoms with E-state index in [1.54, 1.807) is 7.11 Å². The van der Waals surface area contributed by atoms with E-state index in [2.05, 4.69) is 57.7 Å². The van der Waals surface area contributed by atoms with Crippen molar-refractivity contribution in [1.29, 1.82) is 0 Å². The maximum absolute atomic E-state index is 5.45. The zero-order valence-corrected chi connectivity index (χ0v) is 15.2. The van der Waals surface area contributed by atoms with Gasteiger partial charge >= 0.3 is 0 Å². The number of nitrogens with one attached hydrogen (secondary N) is 2. The Hall–Kier alpha value is -2.30. The molecule has 0 amide bonds. The van der Waals surface area contributed by atoms with Crippen LogP contribution in [0.25, 0.3) is 10.9 Å². The van der Waals surface area contributed by atoms with Gasteiger partial charge in [-0.05, 0) is 42.2 Å². The van der Waals surface area contributed by atoms with E-state index in [4.69, 9.17) is 4.74 Å². The van der Waals surface area contributed by atoms with E-state index in [9.17, 15) is 0 Å². The van der Waals surface area contributed by atoms with Gasteiger partial charge in [-0.3, -0.25) is 4.90 Å². The highest BCUT2D eigenvalue weighted by atomic mass is 16.5. The molecule has 4 nitrogen and oxygen atoms in total. The number of rotatable bonds is 3. The van der Waals surface area contributed by atoms with E-state index in [1.165, 1.54) is 27.7 Å². The van der Waals surface area contributed by atoms with Gasteiger partial charge in [0, 0.05) is 42.8 Å². The molecule has 1 fully saturated rings. The Kier molecular flexibility index (Phi) is 3.76. The summed E-state index contributed by atoms with van der Waals surface area (Å²) in [5.74, 6) is 0.934. The molecule has 2 aliphatic rings. The first kappa shape index (κ1) is 15.9. The van der Waals surface area contributed by atoms with Gasteiger partial charge in [-0.1, -0.05) is 30.3 Å². The van der Waals surface area contributed by atoms with Gasteiger partial charge in [-0.15, -0.1) is 0 Å². The highest BCUT2D eigenvalue weighted by Gasteiger charge is 2.43. The third-order valence-corrected chi connectivity index (χ3v) is 6.03. The van der Waals surface area contributed by atoms with E-state index < -0.39 is 0 Å². The molecular weight excluding hydrogens is 322 g/mol. The van der Waals surface area contributed by atoms with Crippen LogP contribution in [0.1, 0.15) is 23.2 Å². The molecule has 1 unspecified atom stereocenters. The van der Waals surface area contributed by atoms with Crippen molar-refractivity contribution in [2.45, 2.75) is 24.9 Å². The van der Waals surface area contributed by atoms with Crippen molar-refractivity contribution in [3.63, 3.8) is 0 Å². The first-order chi connectivity index (χ1) is 12.8. The summed E-state index contributed by atoms with van der Waals surface area (Å²) in [4.78, 5) is 6.31. The standard InChI is InChI=1S/C22H25N3O/c1-26-17-7-8-20-19(13-17)18-9-11-23-22(21(18)24-20)10-12-25(15-22)14-16-5-3-2-4-6-16/h2-8,13,23-24H,9-12,14-15H2,1H3. The van der Waals surface area contributed by atoms with Crippen molar-refractivity contribution < 1.29 is 4.74 Å². The number of H-pyrrole nitrogens is 1. The van der Waals surface area contributed by atoms with Crippen LogP contribution in [-0.2, 0) is 18.5 Å². The second kappa shape index (κ2) is 6.15. The number of likely N-dealkylation sites (tertiary alicyclic amines) is 1. The SMILES string of the molecule is COc1ccc2[nH]c3c(c2c1)CCNC31CCN(Cc2ccccc2)C1. The summed E-state index contributed by atoms with van der Waals surface area (Å²) in [5.41, 5.74) is 5.53. The van der Waals surface area contributed by atoms with Crippen molar-refractivity contribution in [3.05, 3.63) is 65.4 Å². The van der Waals surface area contributed by atoms with Crippen LogP contribution in [0, 0.1) is 0 Å². The Morgan fingerprint density at radius 3 is 2.88 bits per heavy atom. The number of nitrogens with zero attached hydrogens (tertiary/aromatic N) is 1. The van der Waals surface area contributed by atoms with Gasteiger partial charge < -0.3 is 15.0 Å². The zero-order chi connectivity index (χ0) is 17.6. The molecule has 1 aromatic heterocycles. The first-order valence-corrected chi connectivity index (χ1v) is 9.48. The topological polar surface area (TPSA) is 40.3 Å². The smallest absolute Gasteiger partial charge is 0.119 e. The van der Waals surface area contributed by atoms with E-state index in [1.807, 2.05) is 6.07 Å². The number of hydrogen-bond acceptors (Lipinski definition) is 3. The Bertz CT molecular complexity index is 933. The molecule has 0 aliphatic carbocycles. The van der Waals surface area contributed by atoms with Crippen LogP contribution in [-0.4, -0.2) is 36.6 Å². The Morgan fingerprint density at radius 1 is 1.15 bits per heavy atom. The normalized spacial score (nSPS) is 22.8. The lowest BCUT2D eigenvalue weighted by atomic mass is 9.86. The van der Waals surface area contributed by atoms with Crippen molar-refractivity contribution >= 4 is 10.9 Å². The lowest BCUT2D eigenvalue weighted by Crippen LogP contribution is -2.49. The van der Waals surface area contributed by atoms with Gasteiger partial charge in [0.2, 0.25) is 0 Å². The van der Waals surface area contributed by atoms with Gasteiger partial charge in [0.05, 0.1) is 12.6 Å². The third kappa shape index (κ3) is 2.52. The van der Waals surface area contributed by atoms with E-state index >= 15 is 0 Å². The molecule has 1 saturated heterocycles. The zero-order valence-electron chi connectivity index (χ0n) is 15.2. The minimum atomic E-state index is 0.0502. The number of aromatic nitrogens is 1. The summed E-state index contributed by atoms with van der Waals surface area (Å²) in [6, 6.07) is 17.2. The Balaban J connectivity index is 1.48. The van der Waals surface area contributed by atoms with E-state index in [0.717, 1.165) is 44.8 Å². The minimum Gasteiger partial charge on any atom is -0.497 e. The van der Waals surface area contributed by atoms with E-state index in [0.29, 0.717) is 0 Å². The maximum atomic E-state index is 5.45. The van der Waals surface area contributed by atoms with Crippen LogP contribution in [0.4, 0.5) is 0 Å². The predicted molar refractivity (Wildman–Crippen MR) is 105 cm³/mol. The summed E-state index contributed by atoms with van der Waals surface area (Å²) < 4.78 is 5.45. The molecule has 4 heteroatoms. The van der Waals surface area contributed by atoms with Gasteiger partial charge in [-0.25, -0.2) is 0 Å². The fourth-order valence-corrected chi connectivity index (χ4v) is 4.75. The minimum absolute atomic E-state index is 0.0502. The third-order valence-electron chi connectivity index (χ3n) is 6.03. The quantitative estimate of drug-likeness (QED) is 0.763. The van der Waals surface area contributed by atoms with Crippen molar-refractivity contribution in [3.8, 4) is 5.75 Å². The summed E-state index contributed by atoms with van der Waals surface area (Å²) >= 11 is 0. The molecule has 0 radical (unpaired) electrons. The molecule has 2 aliphatic heterocycles. The summed E-state index contributed by atoms with van der Waals surface area (Å²) in [6.07, 6.45) is 2.22. The molecule has 26 heavy (non-hydrogen) atoms. The molecule has 0 saturated carbocycles. The van der Waals surface area contributed by atoms with Crippen molar-refractivity contribution in [2.75, 3.05) is 26.7 Å². The van der Waals surface area contributed by atoms with Crippen LogP contribution >= 0.6 is 0 Å². The molecule has 1 atom stereocenters. The first-order valence-electron chi connectivity index (χ1n) is 9.48. The largest absolute Gasteiger partial charge is 0.497 e. The molecule has 5 rings (SSSR count). The average molecular weight is 347 g/mol.